The molecule has 0 spiro atoms. The van der Waals surface area contributed by atoms with Gasteiger partial charge in [-0.15, -0.1) is 0 Å². The van der Waals surface area contributed by atoms with Gasteiger partial charge in [-0.25, -0.2) is 13.6 Å². The van der Waals surface area contributed by atoms with Crippen LogP contribution in [0.15, 0.2) is 59.5 Å². The molecule has 2 aromatic carbocycles. The van der Waals surface area contributed by atoms with Gasteiger partial charge in [-0.1, -0.05) is 18.2 Å². The highest BCUT2D eigenvalue weighted by atomic mass is 32.2. The second kappa shape index (κ2) is 9.27. The molecule has 2 aromatic rings. The summed E-state index contributed by atoms with van der Waals surface area (Å²) in [5.74, 6) is -0.288. The van der Waals surface area contributed by atoms with Crippen molar-refractivity contribution in [3.05, 3.63) is 54.6 Å². The first kappa shape index (κ1) is 21.8. The number of primary sulfonamides is 1. The number of rotatable bonds is 6. The molecule has 0 atom stereocenters. The molecule has 2 amide bonds. The number of hydrogen-bond acceptors (Lipinski definition) is 5. The van der Waals surface area contributed by atoms with Crippen LogP contribution >= 0.6 is 0 Å². The summed E-state index contributed by atoms with van der Waals surface area (Å²) in [4.78, 5) is 28.8. The first-order chi connectivity index (χ1) is 14.2. The van der Waals surface area contributed by atoms with E-state index in [-0.39, 0.29) is 29.2 Å². The van der Waals surface area contributed by atoms with Crippen molar-refractivity contribution < 1.29 is 18.0 Å². The van der Waals surface area contributed by atoms with E-state index in [1.807, 2.05) is 42.3 Å². The molecule has 30 heavy (non-hydrogen) atoms. The maximum atomic E-state index is 12.6. The Balaban J connectivity index is 1.48. The van der Waals surface area contributed by atoms with Crippen LogP contribution in [0, 0.1) is 5.92 Å². The van der Waals surface area contributed by atoms with Gasteiger partial charge in [0, 0.05) is 37.4 Å². The van der Waals surface area contributed by atoms with Crippen molar-refractivity contribution in [2.75, 3.05) is 36.9 Å². The molecule has 1 saturated heterocycles. The summed E-state index contributed by atoms with van der Waals surface area (Å²) in [6, 6.07) is 15.4. The van der Waals surface area contributed by atoms with Crippen molar-refractivity contribution >= 4 is 33.2 Å². The number of nitrogens with two attached hydrogens (primary N) is 1. The minimum absolute atomic E-state index is 0.00668. The van der Waals surface area contributed by atoms with Crippen LogP contribution in [0.1, 0.15) is 12.8 Å². The number of likely N-dealkylation sites (tertiary alicyclic amines) is 1. The summed E-state index contributed by atoms with van der Waals surface area (Å²) in [6.07, 6.45) is 1.17. The molecule has 3 N–H and O–H groups in total. The van der Waals surface area contributed by atoms with Crippen molar-refractivity contribution in [2.45, 2.75) is 17.7 Å². The van der Waals surface area contributed by atoms with E-state index in [1.165, 1.54) is 24.3 Å². The van der Waals surface area contributed by atoms with Gasteiger partial charge in [0.1, 0.15) is 0 Å². The minimum Gasteiger partial charge on any atom is -0.365 e. The van der Waals surface area contributed by atoms with E-state index < -0.39 is 10.0 Å². The van der Waals surface area contributed by atoms with Gasteiger partial charge < -0.3 is 15.1 Å². The number of sulfonamides is 1. The van der Waals surface area contributed by atoms with Crippen molar-refractivity contribution in [2.24, 2.45) is 11.1 Å². The van der Waals surface area contributed by atoms with E-state index in [2.05, 4.69) is 5.32 Å². The second-order valence-corrected chi connectivity index (χ2v) is 8.97. The number of amides is 2. The number of carbonyl (C=O) groups is 2. The molecule has 3 rings (SSSR count). The monoisotopic (exact) mass is 430 g/mol. The first-order valence-corrected chi connectivity index (χ1v) is 11.3. The molecule has 0 radical (unpaired) electrons. The van der Waals surface area contributed by atoms with Crippen LogP contribution in [0.3, 0.4) is 0 Å². The Kier molecular flexibility index (Phi) is 6.73. The van der Waals surface area contributed by atoms with E-state index in [1.54, 1.807) is 4.90 Å². The highest BCUT2D eigenvalue weighted by Crippen LogP contribution is 2.21. The third kappa shape index (κ3) is 5.58. The van der Waals surface area contributed by atoms with Crippen LogP contribution in [0.2, 0.25) is 0 Å². The molecule has 9 heteroatoms. The lowest BCUT2D eigenvalue weighted by Crippen LogP contribution is -2.45. The van der Waals surface area contributed by atoms with Gasteiger partial charge >= 0.3 is 0 Å². The van der Waals surface area contributed by atoms with Gasteiger partial charge in [0.25, 0.3) is 0 Å². The van der Waals surface area contributed by atoms with Crippen LogP contribution in [-0.2, 0) is 19.6 Å². The lowest BCUT2D eigenvalue weighted by Gasteiger charge is -2.32. The molecule has 160 valence electrons. The van der Waals surface area contributed by atoms with Crippen molar-refractivity contribution in [3.8, 4) is 0 Å². The predicted octanol–water partition coefficient (Wildman–Crippen LogP) is 1.65. The number of likely N-dealkylation sites (N-methyl/N-ethyl adjacent to an activating group) is 1. The number of hydrogen-bond donors (Lipinski definition) is 2. The van der Waals surface area contributed by atoms with Gasteiger partial charge in [0.2, 0.25) is 21.8 Å². The van der Waals surface area contributed by atoms with E-state index >= 15 is 0 Å². The summed E-state index contributed by atoms with van der Waals surface area (Å²) < 4.78 is 22.6. The fraction of sp³-hybridized carbons (Fsp3) is 0.333. The topological polar surface area (TPSA) is 113 Å². The zero-order chi connectivity index (χ0) is 21.7. The predicted molar refractivity (Wildman–Crippen MR) is 115 cm³/mol. The summed E-state index contributed by atoms with van der Waals surface area (Å²) in [6.45, 7) is 1.35. The summed E-state index contributed by atoms with van der Waals surface area (Å²) in [5.41, 5.74) is 1.49. The van der Waals surface area contributed by atoms with Crippen LogP contribution in [0.5, 0.6) is 0 Å². The molecule has 0 aliphatic carbocycles. The highest BCUT2D eigenvalue weighted by Gasteiger charge is 2.27. The van der Waals surface area contributed by atoms with E-state index in [4.69, 9.17) is 5.14 Å². The van der Waals surface area contributed by atoms with Gasteiger partial charge in [0.05, 0.1) is 11.4 Å². The second-order valence-electron chi connectivity index (χ2n) is 7.41. The number of anilines is 2. The lowest BCUT2D eigenvalue weighted by atomic mass is 9.95. The molecular formula is C21H26N4O4S. The van der Waals surface area contributed by atoms with Crippen LogP contribution in [0.25, 0.3) is 0 Å². The first-order valence-electron chi connectivity index (χ1n) is 9.72. The zero-order valence-electron chi connectivity index (χ0n) is 16.8. The average Bonchev–Trinajstić information content (AvgIpc) is 2.74. The van der Waals surface area contributed by atoms with Gasteiger partial charge in [-0.05, 0) is 49.2 Å². The molecule has 0 saturated carbocycles. The Morgan fingerprint density at radius 2 is 1.67 bits per heavy atom. The molecule has 0 bridgehead atoms. The number of nitrogens with one attached hydrogen (secondary N) is 1. The maximum Gasteiger partial charge on any atom is 0.242 e. The normalized spacial score (nSPS) is 14.9. The van der Waals surface area contributed by atoms with E-state index in [9.17, 15) is 18.0 Å². The Labute approximate surface area is 176 Å². The fourth-order valence-corrected chi connectivity index (χ4v) is 3.96. The number of nitrogens with zero attached hydrogens (tertiary/aromatic N) is 2. The number of piperidine rings is 1. The zero-order valence-corrected chi connectivity index (χ0v) is 17.6. The Bertz CT molecular complexity index is 985. The standard InChI is InChI=1S/C21H26N4O4S/c1-24(18-5-3-2-4-6-18)15-20(26)25-13-11-16(12-14-25)21(27)23-17-7-9-19(10-8-17)30(22,28)29/h2-10,16H,11-15H2,1H3,(H,23,27)(H2,22,28,29). The van der Waals surface area contributed by atoms with Crippen LogP contribution in [-0.4, -0.2) is 51.8 Å². The Hall–Kier alpha value is -2.91. The third-order valence-electron chi connectivity index (χ3n) is 5.24. The maximum absolute atomic E-state index is 12.6. The minimum atomic E-state index is -3.76. The molecule has 0 unspecified atom stereocenters. The molecule has 0 aromatic heterocycles. The van der Waals surface area contributed by atoms with Crippen LogP contribution < -0.4 is 15.4 Å². The molecule has 1 fully saturated rings. The quantitative estimate of drug-likeness (QED) is 0.724. The van der Waals surface area contributed by atoms with Crippen molar-refractivity contribution in [1.82, 2.24) is 4.90 Å². The smallest absolute Gasteiger partial charge is 0.242 e. The van der Waals surface area contributed by atoms with Gasteiger partial charge in [-0.2, -0.15) is 0 Å². The van der Waals surface area contributed by atoms with Crippen molar-refractivity contribution in [3.63, 3.8) is 0 Å². The molecule has 8 nitrogen and oxygen atoms in total. The number of benzene rings is 2. The Morgan fingerprint density at radius 3 is 2.23 bits per heavy atom. The fourth-order valence-electron chi connectivity index (χ4n) is 3.44. The Morgan fingerprint density at radius 1 is 1.07 bits per heavy atom. The van der Waals surface area contributed by atoms with E-state index in [0.717, 1.165) is 5.69 Å². The number of carbonyl (C=O) groups excluding carboxylic acids is 2. The van der Waals surface area contributed by atoms with Crippen molar-refractivity contribution in [1.29, 1.82) is 0 Å². The molecular weight excluding hydrogens is 404 g/mol. The summed E-state index contributed by atoms with van der Waals surface area (Å²) >= 11 is 0. The molecule has 1 aliphatic rings. The third-order valence-corrected chi connectivity index (χ3v) is 6.17. The highest BCUT2D eigenvalue weighted by molar-refractivity contribution is 7.89. The van der Waals surface area contributed by atoms with Crippen LogP contribution in [0.4, 0.5) is 11.4 Å². The SMILES string of the molecule is CN(CC(=O)N1CCC(C(=O)Nc2ccc(S(N)(=O)=O)cc2)CC1)c1ccccc1. The van der Waals surface area contributed by atoms with Gasteiger partial charge in [0.15, 0.2) is 0 Å². The lowest BCUT2D eigenvalue weighted by molar-refractivity contribution is -0.133. The number of para-hydroxylation sites is 1. The molecule has 1 heterocycles. The largest absolute Gasteiger partial charge is 0.365 e. The summed E-state index contributed by atoms with van der Waals surface area (Å²) in [5, 5.41) is 7.88. The average molecular weight is 431 g/mol. The van der Waals surface area contributed by atoms with Gasteiger partial charge in [-0.3, -0.25) is 9.59 Å². The molecule has 1 aliphatic heterocycles. The summed E-state index contributed by atoms with van der Waals surface area (Å²) in [7, 11) is -1.88. The van der Waals surface area contributed by atoms with E-state index in [0.29, 0.717) is 31.6 Å².